The number of anilines is 1. The van der Waals surface area contributed by atoms with Crippen molar-refractivity contribution >= 4 is 28.3 Å². The fraction of sp³-hybridized carbons (Fsp3) is 0.421. The Balaban J connectivity index is 1.58. The predicted molar refractivity (Wildman–Crippen MR) is 100.0 cm³/mol. The maximum absolute atomic E-state index is 12.7. The molecule has 0 bridgehead atoms. The van der Waals surface area contributed by atoms with Gasteiger partial charge in [0.25, 0.3) is 5.91 Å². The molecule has 2 aromatic rings. The van der Waals surface area contributed by atoms with Crippen molar-refractivity contribution in [1.82, 2.24) is 9.88 Å². The summed E-state index contributed by atoms with van der Waals surface area (Å²) in [6.07, 6.45) is 4.20. The highest BCUT2D eigenvalue weighted by molar-refractivity contribution is 7.14. The molecule has 2 amide bonds. The molecule has 6 heteroatoms. The third-order valence-corrected chi connectivity index (χ3v) is 5.60. The second-order valence-electron chi connectivity index (χ2n) is 6.55. The number of rotatable bonds is 4. The summed E-state index contributed by atoms with van der Waals surface area (Å²) in [7, 11) is 1.85. The lowest BCUT2D eigenvalue weighted by Gasteiger charge is -2.34. The van der Waals surface area contributed by atoms with Gasteiger partial charge < -0.3 is 10.2 Å². The van der Waals surface area contributed by atoms with Gasteiger partial charge >= 0.3 is 0 Å². The molecule has 1 aliphatic rings. The minimum Gasteiger partial charge on any atom is -0.337 e. The average Bonchev–Trinajstić information content (AvgIpc) is 3.09. The summed E-state index contributed by atoms with van der Waals surface area (Å²) in [6, 6.07) is 10.9. The summed E-state index contributed by atoms with van der Waals surface area (Å²) in [5.74, 6) is 0.337. The Hall–Kier alpha value is -2.21. The largest absolute Gasteiger partial charge is 0.337 e. The van der Waals surface area contributed by atoms with Gasteiger partial charge in [-0.2, -0.15) is 0 Å². The molecular weight excluding hydrogens is 334 g/mol. The zero-order chi connectivity index (χ0) is 17.8. The first kappa shape index (κ1) is 17.6. The van der Waals surface area contributed by atoms with Crippen molar-refractivity contribution in [2.24, 2.45) is 0 Å². The zero-order valence-corrected chi connectivity index (χ0v) is 15.4. The Kier molecular flexibility index (Phi) is 5.48. The van der Waals surface area contributed by atoms with Crippen LogP contribution in [0.15, 0.2) is 35.7 Å². The number of hydrogen-bond donors (Lipinski definition) is 1. The van der Waals surface area contributed by atoms with E-state index in [2.05, 4.69) is 34.6 Å². The Morgan fingerprint density at radius 3 is 2.48 bits per heavy atom. The van der Waals surface area contributed by atoms with E-state index in [1.807, 2.05) is 18.0 Å². The second-order valence-corrected chi connectivity index (χ2v) is 7.41. The molecule has 1 heterocycles. The summed E-state index contributed by atoms with van der Waals surface area (Å²) in [5, 5.41) is 4.80. The van der Waals surface area contributed by atoms with Crippen molar-refractivity contribution in [3.63, 3.8) is 0 Å². The lowest BCUT2D eigenvalue weighted by atomic mass is 9.81. The molecule has 1 N–H and O–H groups in total. The molecule has 0 spiro atoms. The third-order valence-electron chi connectivity index (χ3n) is 4.84. The van der Waals surface area contributed by atoms with Gasteiger partial charge in [-0.25, -0.2) is 4.98 Å². The minimum atomic E-state index is -0.180. The van der Waals surface area contributed by atoms with Gasteiger partial charge in [-0.1, -0.05) is 30.3 Å². The Bertz CT molecular complexity index is 736. The van der Waals surface area contributed by atoms with Crippen molar-refractivity contribution in [3.05, 3.63) is 47.0 Å². The molecule has 0 aliphatic heterocycles. The number of aromatic nitrogens is 1. The summed E-state index contributed by atoms with van der Waals surface area (Å²) in [4.78, 5) is 29.8. The van der Waals surface area contributed by atoms with Crippen LogP contribution in [0.4, 0.5) is 5.13 Å². The van der Waals surface area contributed by atoms with Crippen LogP contribution in [-0.4, -0.2) is 34.8 Å². The lowest BCUT2D eigenvalue weighted by Crippen LogP contribution is -2.39. The lowest BCUT2D eigenvalue weighted by molar-refractivity contribution is -0.114. The fourth-order valence-electron chi connectivity index (χ4n) is 3.45. The van der Waals surface area contributed by atoms with Crippen molar-refractivity contribution < 1.29 is 9.59 Å². The summed E-state index contributed by atoms with van der Waals surface area (Å²) in [6.45, 7) is 1.43. The highest BCUT2D eigenvalue weighted by atomic mass is 32.1. The molecule has 132 valence electrons. The number of nitrogens with one attached hydrogen (secondary N) is 1. The van der Waals surface area contributed by atoms with Crippen LogP contribution < -0.4 is 5.32 Å². The molecule has 1 aromatic carbocycles. The molecule has 3 rings (SSSR count). The maximum atomic E-state index is 12.7. The molecule has 5 nitrogen and oxygen atoms in total. The van der Waals surface area contributed by atoms with Crippen LogP contribution in [0.3, 0.4) is 0 Å². The molecular formula is C19H23N3O2S. The molecule has 25 heavy (non-hydrogen) atoms. The smallest absolute Gasteiger partial charge is 0.273 e. The van der Waals surface area contributed by atoms with Crippen LogP contribution in [0.5, 0.6) is 0 Å². The van der Waals surface area contributed by atoms with Crippen molar-refractivity contribution in [2.45, 2.75) is 44.6 Å². The molecule has 0 unspecified atom stereocenters. The highest BCUT2D eigenvalue weighted by Gasteiger charge is 2.28. The quantitative estimate of drug-likeness (QED) is 0.903. The van der Waals surface area contributed by atoms with Crippen LogP contribution in [0.25, 0.3) is 0 Å². The summed E-state index contributed by atoms with van der Waals surface area (Å²) in [5.41, 5.74) is 1.80. The van der Waals surface area contributed by atoms with E-state index in [1.165, 1.54) is 23.8 Å². The van der Waals surface area contributed by atoms with Gasteiger partial charge in [-0.15, -0.1) is 11.3 Å². The molecule has 1 fully saturated rings. The molecule has 1 saturated carbocycles. The number of carbonyl (C=O) groups excluding carboxylic acids is 2. The first-order valence-corrected chi connectivity index (χ1v) is 9.47. The minimum absolute atomic E-state index is 0.0731. The normalized spacial score (nSPS) is 20.1. The monoisotopic (exact) mass is 357 g/mol. The van der Waals surface area contributed by atoms with Crippen molar-refractivity contribution in [2.75, 3.05) is 12.4 Å². The summed E-state index contributed by atoms with van der Waals surface area (Å²) < 4.78 is 0. The molecule has 1 aliphatic carbocycles. The molecule has 1 aromatic heterocycles. The van der Waals surface area contributed by atoms with E-state index < -0.39 is 0 Å². The van der Waals surface area contributed by atoms with E-state index in [1.54, 1.807) is 5.38 Å². The Labute approximate surface area is 152 Å². The van der Waals surface area contributed by atoms with E-state index in [9.17, 15) is 9.59 Å². The number of thiazole rings is 1. The number of carbonyl (C=O) groups is 2. The SMILES string of the molecule is CC(=O)Nc1nc(C(=O)N(C)C2CCC(c3ccccc3)CC2)cs1. The van der Waals surface area contributed by atoms with Gasteiger partial charge in [-0.05, 0) is 37.2 Å². The van der Waals surface area contributed by atoms with Crippen LogP contribution in [-0.2, 0) is 4.79 Å². The number of benzene rings is 1. The number of nitrogens with zero attached hydrogens (tertiary/aromatic N) is 2. The van der Waals surface area contributed by atoms with Crippen LogP contribution in [0.1, 0.15) is 54.6 Å². The molecule has 0 atom stereocenters. The number of hydrogen-bond acceptors (Lipinski definition) is 4. The van der Waals surface area contributed by atoms with E-state index in [0.717, 1.165) is 25.7 Å². The molecule has 0 radical (unpaired) electrons. The van der Waals surface area contributed by atoms with Gasteiger partial charge in [0.1, 0.15) is 5.69 Å². The van der Waals surface area contributed by atoms with Crippen molar-refractivity contribution in [1.29, 1.82) is 0 Å². The fourth-order valence-corrected chi connectivity index (χ4v) is 4.18. The predicted octanol–water partition coefficient (Wildman–Crippen LogP) is 3.90. The van der Waals surface area contributed by atoms with E-state index in [0.29, 0.717) is 16.7 Å². The van der Waals surface area contributed by atoms with E-state index >= 15 is 0 Å². The second kappa shape index (κ2) is 7.78. The zero-order valence-electron chi connectivity index (χ0n) is 14.6. The molecule has 0 saturated heterocycles. The van der Waals surface area contributed by atoms with Crippen LogP contribution >= 0.6 is 11.3 Å². The topological polar surface area (TPSA) is 62.3 Å². The van der Waals surface area contributed by atoms with Gasteiger partial charge in [0.15, 0.2) is 5.13 Å². The van der Waals surface area contributed by atoms with Crippen LogP contribution in [0, 0.1) is 0 Å². The van der Waals surface area contributed by atoms with Gasteiger partial charge in [0.05, 0.1) is 0 Å². The third kappa shape index (κ3) is 4.25. The maximum Gasteiger partial charge on any atom is 0.273 e. The first-order valence-electron chi connectivity index (χ1n) is 8.60. The van der Waals surface area contributed by atoms with E-state index in [-0.39, 0.29) is 17.9 Å². The standard InChI is InChI=1S/C19H23N3O2S/c1-13(23)20-19-21-17(12-25-19)18(24)22(2)16-10-8-15(9-11-16)14-6-4-3-5-7-14/h3-7,12,15-16H,8-11H2,1-2H3,(H,20,21,23). The van der Waals surface area contributed by atoms with Crippen LogP contribution in [0.2, 0.25) is 0 Å². The van der Waals surface area contributed by atoms with E-state index in [4.69, 9.17) is 0 Å². The summed E-state index contributed by atoms with van der Waals surface area (Å²) >= 11 is 1.28. The Morgan fingerprint density at radius 2 is 1.84 bits per heavy atom. The average molecular weight is 357 g/mol. The van der Waals surface area contributed by atoms with Crippen molar-refractivity contribution in [3.8, 4) is 0 Å². The first-order chi connectivity index (χ1) is 12.0. The highest BCUT2D eigenvalue weighted by Crippen LogP contribution is 2.34. The van der Waals surface area contributed by atoms with Gasteiger partial charge in [0, 0.05) is 25.4 Å². The Morgan fingerprint density at radius 1 is 1.16 bits per heavy atom. The van der Waals surface area contributed by atoms with Gasteiger partial charge in [0.2, 0.25) is 5.91 Å². The number of amides is 2. The van der Waals surface area contributed by atoms with Gasteiger partial charge in [-0.3, -0.25) is 9.59 Å².